The molecule has 0 spiro atoms. The van der Waals surface area contributed by atoms with Crippen LogP contribution in [0.1, 0.15) is 42.0 Å². The Morgan fingerprint density at radius 3 is 2.56 bits per heavy atom. The van der Waals surface area contributed by atoms with E-state index in [9.17, 15) is 22.4 Å². The van der Waals surface area contributed by atoms with Gasteiger partial charge in [0.1, 0.15) is 12.1 Å². The topological polar surface area (TPSA) is 116 Å². The van der Waals surface area contributed by atoms with Gasteiger partial charge in [-0.15, -0.1) is 0 Å². The lowest BCUT2D eigenvalue weighted by Gasteiger charge is -2.28. The highest BCUT2D eigenvalue weighted by Crippen LogP contribution is 2.36. The van der Waals surface area contributed by atoms with Crippen molar-refractivity contribution in [2.24, 2.45) is 10.7 Å². The summed E-state index contributed by atoms with van der Waals surface area (Å²) in [5.41, 5.74) is 6.94. The van der Waals surface area contributed by atoms with Crippen LogP contribution in [0.15, 0.2) is 60.1 Å². The number of rotatable bonds is 9. The zero-order valence-electron chi connectivity index (χ0n) is 21.0. The van der Waals surface area contributed by atoms with E-state index < -0.39 is 42.6 Å². The Bertz CT molecular complexity index is 1620. The number of hydrogen-bond donors (Lipinski definition) is 1. The lowest BCUT2D eigenvalue weighted by Crippen LogP contribution is -2.42. The normalized spacial score (nSPS) is 16.2. The minimum Gasteiger partial charge on any atom is -0.382 e. The second-order valence-corrected chi connectivity index (χ2v) is 9.24. The number of hydrogen-bond acceptors (Lipinski definition) is 7. The van der Waals surface area contributed by atoms with E-state index in [0.29, 0.717) is 10.2 Å². The first-order chi connectivity index (χ1) is 19.6. The molecule has 1 aliphatic heterocycles. The fraction of sp³-hybridized carbons (Fsp3) is 0.240. The van der Waals surface area contributed by atoms with Crippen LogP contribution in [0, 0.1) is 5.82 Å². The van der Waals surface area contributed by atoms with Gasteiger partial charge in [-0.25, -0.2) is 32.5 Å². The van der Waals surface area contributed by atoms with Gasteiger partial charge in [0.15, 0.2) is 17.8 Å². The summed E-state index contributed by atoms with van der Waals surface area (Å²) in [4.78, 5) is 22.5. The lowest BCUT2D eigenvalue weighted by molar-refractivity contribution is -0.130. The van der Waals surface area contributed by atoms with Crippen molar-refractivity contribution in [2.75, 3.05) is 13.7 Å². The van der Waals surface area contributed by atoms with Crippen LogP contribution in [0.25, 0.3) is 16.8 Å². The number of carbonyl (C=O) groups is 1. The van der Waals surface area contributed by atoms with E-state index in [1.807, 2.05) is 0 Å². The largest absolute Gasteiger partial charge is 0.382 e. The average molecular weight is 595 g/mol. The lowest BCUT2D eigenvalue weighted by atomic mass is 10.0. The van der Waals surface area contributed by atoms with Crippen LogP contribution < -0.4 is 5.73 Å². The Morgan fingerprint density at radius 2 is 1.90 bits per heavy atom. The summed E-state index contributed by atoms with van der Waals surface area (Å²) in [6.07, 6.45) is 0.136. The highest BCUT2D eigenvalue weighted by molar-refractivity contribution is 6.32. The summed E-state index contributed by atoms with van der Waals surface area (Å²) in [5.74, 6) is -2.20. The summed E-state index contributed by atoms with van der Waals surface area (Å²) >= 11 is 6.28. The Hall–Kier alpha value is -4.37. The number of nitrogens with two attached hydrogens (primary N) is 1. The number of halogens is 6. The smallest absolute Gasteiger partial charge is 0.333 e. The van der Waals surface area contributed by atoms with Crippen LogP contribution in [0.5, 0.6) is 0 Å². The van der Waals surface area contributed by atoms with Gasteiger partial charge in [0.25, 0.3) is 12.3 Å². The predicted octanol–water partition coefficient (Wildman–Crippen LogP) is 4.84. The van der Waals surface area contributed by atoms with Crippen LogP contribution in [0.4, 0.5) is 22.0 Å². The molecule has 41 heavy (non-hydrogen) atoms. The van der Waals surface area contributed by atoms with Gasteiger partial charge < -0.3 is 10.5 Å². The van der Waals surface area contributed by atoms with Crippen LogP contribution in [0.3, 0.4) is 0 Å². The standard InChI is InChI=1S/C25H20ClF5N8O2/c1-41-10-19(12-3-5-16(26)18(7-12)39-22(21(28)29)33-11-35-39)38-23(40)20(36-25(38)32)13-2-4-15(17(27)6-13)14-8-34-37(9-14)24(30)31/h2-9,11,19-21,24H,10H2,1H3,(H2,32,36)/t19-,20-/m1/s1. The second kappa shape index (κ2) is 11.2. The maximum Gasteiger partial charge on any atom is 0.333 e. The molecule has 4 aromatic rings. The van der Waals surface area contributed by atoms with E-state index in [0.717, 1.165) is 34.4 Å². The molecule has 0 saturated heterocycles. The average Bonchev–Trinajstić information content (AvgIpc) is 3.67. The molecule has 0 fully saturated rings. The minimum absolute atomic E-state index is 0.00198. The molecule has 2 aromatic carbocycles. The molecule has 2 atom stereocenters. The summed E-state index contributed by atoms with van der Waals surface area (Å²) in [7, 11) is 1.39. The SMILES string of the molecule is COC[C@H](c1ccc(Cl)c(-n2ncnc2C(F)F)c1)N1C(=O)[C@@H](c2ccc(-c3cnn(C(F)F)c3)c(F)c2)N=C1N. The summed E-state index contributed by atoms with van der Waals surface area (Å²) in [6, 6.07) is 6.21. The first-order valence-corrected chi connectivity index (χ1v) is 12.2. The number of alkyl halides is 4. The van der Waals surface area contributed by atoms with Gasteiger partial charge in [0.2, 0.25) is 0 Å². The zero-order valence-corrected chi connectivity index (χ0v) is 21.8. The molecule has 0 bridgehead atoms. The molecular weight excluding hydrogens is 575 g/mol. The van der Waals surface area contributed by atoms with E-state index in [2.05, 4.69) is 20.2 Å². The molecule has 10 nitrogen and oxygen atoms in total. The molecule has 2 aromatic heterocycles. The molecule has 16 heteroatoms. The van der Waals surface area contributed by atoms with Crippen LogP contribution in [-0.2, 0) is 9.53 Å². The van der Waals surface area contributed by atoms with Crippen molar-refractivity contribution in [3.63, 3.8) is 0 Å². The number of methoxy groups -OCH3 is 1. The van der Waals surface area contributed by atoms with Gasteiger partial charge in [0.05, 0.1) is 29.6 Å². The monoisotopic (exact) mass is 594 g/mol. The quantitative estimate of drug-likeness (QED) is 0.277. The summed E-state index contributed by atoms with van der Waals surface area (Å²) in [6.45, 7) is -2.96. The number of aliphatic imine (C=N–C) groups is 1. The fourth-order valence-corrected chi connectivity index (χ4v) is 4.70. The van der Waals surface area contributed by atoms with Crippen molar-refractivity contribution >= 4 is 23.5 Å². The van der Waals surface area contributed by atoms with Crippen molar-refractivity contribution in [1.82, 2.24) is 29.4 Å². The number of nitrogens with zero attached hydrogens (tertiary/aromatic N) is 7. The van der Waals surface area contributed by atoms with Crippen molar-refractivity contribution in [1.29, 1.82) is 0 Å². The van der Waals surface area contributed by atoms with Crippen molar-refractivity contribution in [3.8, 4) is 16.8 Å². The van der Waals surface area contributed by atoms with Crippen LogP contribution >= 0.6 is 11.6 Å². The maximum atomic E-state index is 15.0. The second-order valence-electron chi connectivity index (χ2n) is 8.84. The third-order valence-corrected chi connectivity index (χ3v) is 6.71. The number of ether oxygens (including phenoxy) is 1. The summed E-state index contributed by atoms with van der Waals surface area (Å²) < 4.78 is 74.3. The molecule has 3 heterocycles. The first kappa shape index (κ1) is 28.2. The van der Waals surface area contributed by atoms with E-state index in [4.69, 9.17) is 22.1 Å². The van der Waals surface area contributed by atoms with Crippen LogP contribution in [-0.4, -0.2) is 55.0 Å². The van der Waals surface area contributed by atoms with Gasteiger partial charge in [0, 0.05) is 24.4 Å². The number of carbonyl (C=O) groups excluding carboxylic acids is 1. The number of benzene rings is 2. The van der Waals surface area contributed by atoms with Crippen molar-refractivity contribution < 1.29 is 31.5 Å². The number of aromatic nitrogens is 5. The summed E-state index contributed by atoms with van der Waals surface area (Å²) in [5, 5.41) is 7.45. The minimum atomic E-state index is -2.93. The fourth-order valence-electron chi connectivity index (χ4n) is 4.51. The Balaban J connectivity index is 1.46. The molecular formula is C25H20ClF5N8O2. The van der Waals surface area contributed by atoms with Gasteiger partial charge >= 0.3 is 6.55 Å². The van der Waals surface area contributed by atoms with Gasteiger partial charge in [-0.2, -0.15) is 19.0 Å². The number of guanidine groups is 1. The molecule has 5 rings (SSSR count). The highest BCUT2D eigenvalue weighted by Gasteiger charge is 2.40. The van der Waals surface area contributed by atoms with Gasteiger partial charge in [-0.05, 0) is 29.3 Å². The van der Waals surface area contributed by atoms with Gasteiger partial charge in [-0.1, -0.05) is 29.8 Å². The Morgan fingerprint density at radius 1 is 1.12 bits per heavy atom. The molecule has 1 aliphatic rings. The predicted molar refractivity (Wildman–Crippen MR) is 136 cm³/mol. The van der Waals surface area contributed by atoms with E-state index in [1.54, 1.807) is 6.07 Å². The number of amides is 1. The van der Waals surface area contributed by atoms with Crippen LogP contribution in [0.2, 0.25) is 5.02 Å². The molecule has 1 amide bonds. The molecule has 0 radical (unpaired) electrons. The Labute approximate surface area is 233 Å². The molecule has 0 aliphatic carbocycles. The zero-order chi connectivity index (χ0) is 29.4. The van der Waals surface area contributed by atoms with E-state index >= 15 is 4.39 Å². The Kier molecular flexibility index (Phi) is 7.73. The molecule has 0 unspecified atom stereocenters. The van der Waals surface area contributed by atoms with Crippen molar-refractivity contribution in [3.05, 3.63) is 82.9 Å². The molecule has 2 N–H and O–H groups in total. The van der Waals surface area contributed by atoms with Gasteiger partial charge in [-0.3, -0.25) is 9.69 Å². The maximum absolute atomic E-state index is 15.0. The highest BCUT2D eigenvalue weighted by atomic mass is 35.5. The van der Waals surface area contributed by atoms with E-state index in [1.165, 1.54) is 31.4 Å². The molecule has 214 valence electrons. The van der Waals surface area contributed by atoms with E-state index in [-0.39, 0.29) is 40.0 Å². The van der Waals surface area contributed by atoms with Crippen molar-refractivity contribution in [2.45, 2.75) is 25.1 Å². The molecule has 0 saturated carbocycles. The third kappa shape index (κ3) is 5.25. The third-order valence-electron chi connectivity index (χ3n) is 6.39. The first-order valence-electron chi connectivity index (χ1n) is 11.9.